The molecule has 3 amide bonds. The average Bonchev–Trinajstić information content (AvgIpc) is 2.85. The molecule has 2 bridgehead atoms. The fourth-order valence-corrected chi connectivity index (χ4v) is 5.36. The summed E-state index contributed by atoms with van der Waals surface area (Å²) in [4.78, 5) is 41.4. The minimum absolute atomic E-state index is 0.178. The van der Waals surface area contributed by atoms with Crippen LogP contribution >= 0.6 is 0 Å². The van der Waals surface area contributed by atoms with Crippen LogP contribution in [0.25, 0.3) is 0 Å². The minimum atomic E-state index is -0.822. The third-order valence-electron chi connectivity index (χ3n) is 7.06. The van der Waals surface area contributed by atoms with Crippen LogP contribution in [0.3, 0.4) is 0 Å². The molecule has 4 fully saturated rings. The first-order valence-corrected chi connectivity index (χ1v) is 9.61. The number of imide groups is 1. The van der Waals surface area contributed by atoms with E-state index in [0.29, 0.717) is 17.4 Å². The molecule has 4 aliphatic rings. The molecule has 5 nitrogen and oxygen atoms in total. The molecule has 26 heavy (non-hydrogen) atoms. The number of carbonyl (C=O) groups is 3. The fourth-order valence-electron chi connectivity index (χ4n) is 5.36. The Kier molecular flexibility index (Phi) is 4.13. The lowest BCUT2D eigenvalue weighted by atomic mass is 9.59. The highest BCUT2D eigenvalue weighted by atomic mass is 16.2. The van der Waals surface area contributed by atoms with Crippen molar-refractivity contribution in [2.45, 2.75) is 44.6 Å². The summed E-state index contributed by atoms with van der Waals surface area (Å²) >= 11 is 0. The highest BCUT2D eigenvalue weighted by molar-refractivity contribution is 6.11. The van der Waals surface area contributed by atoms with E-state index in [1.54, 1.807) is 36.2 Å². The SMILES string of the molecule is CN1C(=O)N(CC(=O)c2ccccc2)C(=O)C1(C)[C@H]1C[C@H]2CC[C@@H]1CC2. The lowest BCUT2D eigenvalue weighted by Gasteiger charge is -2.49. The third kappa shape index (κ3) is 2.48. The van der Waals surface area contributed by atoms with Crippen LogP contribution < -0.4 is 0 Å². The number of hydrogen-bond donors (Lipinski definition) is 0. The van der Waals surface area contributed by atoms with Gasteiger partial charge in [-0.3, -0.25) is 14.5 Å². The number of amides is 3. The number of hydrogen-bond acceptors (Lipinski definition) is 3. The van der Waals surface area contributed by atoms with Crippen LogP contribution in [-0.2, 0) is 4.79 Å². The van der Waals surface area contributed by atoms with Gasteiger partial charge in [0.05, 0.1) is 6.54 Å². The first kappa shape index (κ1) is 17.3. The summed E-state index contributed by atoms with van der Waals surface area (Å²) in [6.07, 6.45) is 5.83. The van der Waals surface area contributed by atoms with Crippen molar-refractivity contribution < 1.29 is 14.4 Å². The average molecular weight is 354 g/mol. The van der Waals surface area contributed by atoms with E-state index in [2.05, 4.69) is 0 Å². The van der Waals surface area contributed by atoms with Gasteiger partial charge in [-0.1, -0.05) is 43.2 Å². The van der Waals surface area contributed by atoms with Crippen molar-refractivity contribution in [2.75, 3.05) is 13.6 Å². The zero-order valence-corrected chi connectivity index (χ0v) is 15.5. The molecule has 0 spiro atoms. The molecule has 1 unspecified atom stereocenters. The van der Waals surface area contributed by atoms with E-state index in [9.17, 15) is 14.4 Å². The highest BCUT2D eigenvalue weighted by Gasteiger charge is 2.60. The Morgan fingerprint density at radius 2 is 1.77 bits per heavy atom. The van der Waals surface area contributed by atoms with E-state index in [1.165, 1.54) is 12.8 Å². The van der Waals surface area contributed by atoms with Gasteiger partial charge in [-0.25, -0.2) is 4.79 Å². The van der Waals surface area contributed by atoms with Crippen molar-refractivity contribution in [1.29, 1.82) is 0 Å². The van der Waals surface area contributed by atoms with Crippen LogP contribution in [0.5, 0.6) is 0 Å². The van der Waals surface area contributed by atoms with Gasteiger partial charge in [-0.15, -0.1) is 0 Å². The van der Waals surface area contributed by atoms with Crippen molar-refractivity contribution in [3.63, 3.8) is 0 Å². The second-order valence-corrected chi connectivity index (χ2v) is 8.29. The van der Waals surface area contributed by atoms with Crippen LogP contribution in [-0.4, -0.2) is 46.7 Å². The molecule has 1 heterocycles. The van der Waals surface area contributed by atoms with E-state index in [0.717, 1.165) is 24.2 Å². The molecule has 3 saturated carbocycles. The summed E-state index contributed by atoms with van der Waals surface area (Å²) < 4.78 is 0. The first-order chi connectivity index (χ1) is 12.4. The van der Waals surface area contributed by atoms with Crippen LogP contribution in [0, 0.1) is 17.8 Å². The minimum Gasteiger partial charge on any atom is -0.313 e. The van der Waals surface area contributed by atoms with E-state index in [4.69, 9.17) is 0 Å². The number of likely N-dealkylation sites (N-methyl/N-ethyl adjacent to an activating group) is 1. The lowest BCUT2D eigenvalue weighted by Crippen LogP contribution is -2.56. The van der Waals surface area contributed by atoms with Crippen molar-refractivity contribution in [3.8, 4) is 0 Å². The first-order valence-electron chi connectivity index (χ1n) is 9.61. The Morgan fingerprint density at radius 3 is 2.35 bits per heavy atom. The number of Topliss-reactive ketones (excluding diaryl/α,β-unsaturated/α-hetero) is 1. The maximum Gasteiger partial charge on any atom is 0.327 e. The van der Waals surface area contributed by atoms with E-state index >= 15 is 0 Å². The molecule has 2 atom stereocenters. The van der Waals surface area contributed by atoms with Gasteiger partial charge in [0.2, 0.25) is 0 Å². The molecule has 1 saturated heterocycles. The number of ketones is 1. The van der Waals surface area contributed by atoms with Gasteiger partial charge in [0, 0.05) is 12.6 Å². The molecule has 0 aromatic heterocycles. The van der Waals surface area contributed by atoms with Crippen LogP contribution in [0.15, 0.2) is 30.3 Å². The molecular weight excluding hydrogens is 328 g/mol. The predicted octanol–water partition coefficient (Wildman–Crippen LogP) is 3.35. The standard InChI is InChI=1S/C21H26N2O3/c1-21(17-12-14-8-10-15(17)11-9-14)19(25)23(20(26)22(21)2)13-18(24)16-6-4-3-5-7-16/h3-7,14-15,17H,8-13H2,1-2H3/t14-,15+,17-,21?/m0/s1. The second-order valence-electron chi connectivity index (χ2n) is 8.29. The largest absolute Gasteiger partial charge is 0.327 e. The summed E-state index contributed by atoms with van der Waals surface area (Å²) in [7, 11) is 1.72. The number of urea groups is 1. The van der Waals surface area contributed by atoms with Crippen molar-refractivity contribution >= 4 is 17.7 Å². The zero-order valence-electron chi connectivity index (χ0n) is 15.5. The molecule has 0 N–H and O–H groups in total. The smallest absolute Gasteiger partial charge is 0.313 e. The van der Waals surface area contributed by atoms with E-state index in [-0.39, 0.29) is 30.2 Å². The lowest BCUT2D eigenvalue weighted by molar-refractivity contribution is -0.138. The Balaban J connectivity index is 1.58. The summed E-state index contributed by atoms with van der Waals surface area (Å²) in [6, 6.07) is 8.51. The number of benzene rings is 1. The van der Waals surface area contributed by atoms with Gasteiger partial charge in [0.25, 0.3) is 5.91 Å². The van der Waals surface area contributed by atoms with Crippen molar-refractivity contribution in [1.82, 2.24) is 9.80 Å². The molecule has 138 valence electrons. The molecule has 1 aromatic carbocycles. The molecule has 1 aromatic rings. The number of fused-ring (bicyclic) bond motifs is 3. The summed E-state index contributed by atoms with van der Waals surface area (Å²) in [5, 5.41) is 0. The summed E-state index contributed by atoms with van der Waals surface area (Å²) in [6.45, 7) is 1.73. The van der Waals surface area contributed by atoms with Gasteiger partial charge in [0.15, 0.2) is 5.78 Å². The van der Waals surface area contributed by atoms with Crippen LogP contribution in [0.2, 0.25) is 0 Å². The molecule has 3 aliphatic carbocycles. The van der Waals surface area contributed by atoms with Crippen molar-refractivity contribution in [3.05, 3.63) is 35.9 Å². The van der Waals surface area contributed by atoms with Crippen molar-refractivity contribution in [2.24, 2.45) is 17.8 Å². The quantitative estimate of drug-likeness (QED) is 0.615. The Hall–Kier alpha value is -2.17. The maximum absolute atomic E-state index is 13.3. The molecular formula is C21H26N2O3. The normalized spacial score (nSPS) is 33.8. The zero-order chi connectivity index (χ0) is 18.5. The highest BCUT2D eigenvalue weighted by Crippen LogP contribution is 2.52. The fraction of sp³-hybridized carbons (Fsp3) is 0.571. The topological polar surface area (TPSA) is 57.7 Å². The van der Waals surface area contributed by atoms with Gasteiger partial charge < -0.3 is 4.90 Å². The van der Waals surface area contributed by atoms with E-state index < -0.39 is 5.54 Å². The van der Waals surface area contributed by atoms with Gasteiger partial charge in [-0.05, 0) is 43.9 Å². The Bertz CT molecular complexity index is 739. The Labute approximate surface area is 154 Å². The molecule has 5 rings (SSSR count). The monoisotopic (exact) mass is 354 g/mol. The van der Waals surface area contributed by atoms with Gasteiger partial charge in [-0.2, -0.15) is 0 Å². The van der Waals surface area contributed by atoms with Gasteiger partial charge >= 0.3 is 6.03 Å². The third-order valence-corrected chi connectivity index (χ3v) is 7.06. The summed E-state index contributed by atoms with van der Waals surface area (Å²) in [5.41, 5.74) is -0.293. The van der Waals surface area contributed by atoms with E-state index in [1.807, 2.05) is 13.0 Å². The molecule has 0 radical (unpaired) electrons. The predicted molar refractivity (Wildman–Crippen MR) is 97.6 cm³/mol. The van der Waals surface area contributed by atoms with Crippen LogP contribution in [0.1, 0.15) is 49.4 Å². The Morgan fingerprint density at radius 1 is 1.12 bits per heavy atom. The second kappa shape index (κ2) is 6.22. The number of carbonyl (C=O) groups excluding carboxylic acids is 3. The maximum atomic E-state index is 13.3. The number of nitrogens with zero attached hydrogens (tertiary/aromatic N) is 2. The molecule has 5 heteroatoms. The van der Waals surface area contributed by atoms with Crippen LogP contribution in [0.4, 0.5) is 4.79 Å². The summed E-state index contributed by atoms with van der Waals surface area (Å²) in [5.74, 6) is 0.988. The number of rotatable bonds is 4. The molecule has 1 aliphatic heterocycles. The van der Waals surface area contributed by atoms with Gasteiger partial charge in [0.1, 0.15) is 5.54 Å².